The number of carbonyl (C=O) groups excluding carboxylic acids is 5. The van der Waals surface area contributed by atoms with E-state index in [9.17, 15) is 42.6 Å². The Bertz CT molecular complexity index is 3080. The van der Waals surface area contributed by atoms with Crippen LogP contribution in [0.4, 0.5) is 5.95 Å². The van der Waals surface area contributed by atoms with Gasteiger partial charge in [-0.05, 0) is 124 Å². The second kappa shape index (κ2) is 33.9. The van der Waals surface area contributed by atoms with Gasteiger partial charge >= 0.3 is 5.97 Å². The molecule has 5 aliphatic rings. The molecule has 7 rings (SSSR count). The Kier molecular flexibility index (Phi) is 27.0. The number of Topliss-reactive ketones (excluding diaryl/α,β-unsaturated/α-hetero) is 3. The molecule has 3 saturated heterocycles. The van der Waals surface area contributed by atoms with Crippen LogP contribution in [0, 0.1) is 47.9 Å². The summed E-state index contributed by atoms with van der Waals surface area (Å²) < 4.78 is 63.7. The number of benzene rings is 1. The van der Waals surface area contributed by atoms with Crippen molar-refractivity contribution in [2.45, 2.75) is 193 Å². The van der Waals surface area contributed by atoms with E-state index >= 15 is 0 Å². The van der Waals surface area contributed by atoms with Crippen molar-refractivity contribution in [3.05, 3.63) is 89.8 Å². The first kappa shape index (κ1) is 72.6. The van der Waals surface area contributed by atoms with E-state index in [1.54, 1.807) is 53.5 Å². The second-order valence-corrected chi connectivity index (χ2v) is 28.1. The lowest BCUT2D eigenvalue weighted by Crippen LogP contribution is -2.61. The van der Waals surface area contributed by atoms with Crippen LogP contribution in [-0.4, -0.2) is 181 Å². The SMILES string of the molecule is C#CCCS(=O)(=O)N1CCN(c2ncc(-c3cccc(CO[C@@H]4CC[C@@H](C[C@@H](C)[C@@H]5CC(=O)[C@H](C)/C=C(\C)[C@@H](O)[C@@H](OC)C(=O)[C@H](C)C[C@H](C)/C=C/C=C/C=C(\C)[C@@H](OC)C[C@@H]6CC[C@@H](C)[C@@](O)(O6)C(=O)C(=O)N6CCCC[C@H]6C(=O)O5)C[C@H]4OC)c3)cn2)CC1. The van der Waals surface area contributed by atoms with Crippen molar-refractivity contribution >= 4 is 45.2 Å². The van der Waals surface area contributed by atoms with Crippen molar-refractivity contribution in [3.63, 3.8) is 0 Å². The lowest BCUT2D eigenvalue weighted by molar-refractivity contribution is -0.265. The quantitative estimate of drug-likeness (QED) is 0.0780. The Morgan fingerprint density at radius 2 is 1.57 bits per heavy atom. The number of nitrogens with zero attached hydrogens (tertiary/aromatic N) is 5. The predicted molar refractivity (Wildman–Crippen MR) is 346 cm³/mol. The van der Waals surface area contributed by atoms with Gasteiger partial charge in [0.1, 0.15) is 30.1 Å². The third-order valence-corrected chi connectivity index (χ3v) is 21.1. The average Bonchev–Trinajstić information content (AvgIpc) is 0.965. The van der Waals surface area contributed by atoms with E-state index in [0.29, 0.717) is 102 Å². The molecule has 5 heterocycles. The summed E-state index contributed by atoms with van der Waals surface area (Å²) in [5, 5.41) is 23.8. The molecule has 1 saturated carbocycles. The summed E-state index contributed by atoms with van der Waals surface area (Å²) in [5.74, 6) is -5.42. The van der Waals surface area contributed by atoms with Gasteiger partial charge in [0, 0.05) is 109 Å². The fourth-order valence-electron chi connectivity index (χ4n) is 13.5. The van der Waals surface area contributed by atoms with Crippen molar-refractivity contribution in [3.8, 4) is 23.5 Å². The number of aromatic nitrogens is 2. The minimum atomic E-state index is -3.42. The van der Waals surface area contributed by atoms with Crippen molar-refractivity contribution in [1.82, 2.24) is 19.2 Å². The number of esters is 1. The normalized spacial score (nSPS) is 33.5. The zero-order valence-corrected chi connectivity index (χ0v) is 55.9. The van der Waals surface area contributed by atoms with Crippen LogP contribution >= 0.6 is 0 Å². The fraction of sp³-hybridized carbons (Fsp3) is 0.643. The zero-order valence-electron chi connectivity index (χ0n) is 55.1. The van der Waals surface area contributed by atoms with Crippen LogP contribution in [0.1, 0.15) is 138 Å². The molecule has 1 aliphatic carbocycles. The van der Waals surface area contributed by atoms with Crippen molar-refractivity contribution in [2.24, 2.45) is 35.5 Å². The molecule has 1 amide bonds. The van der Waals surface area contributed by atoms with Crippen LogP contribution in [0.15, 0.2) is 84.3 Å². The molecule has 2 aromatic rings. The Balaban J connectivity index is 1.06. The van der Waals surface area contributed by atoms with E-state index in [2.05, 4.69) is 15.9 Å². The van der Waals surface area contributed by atoms with Gasteiger partial charge in [-0.3, -0.25) is 19.2 Å². The minimum absolute atomic E-state index is 0.00446. The van der Waals surface area contributed by atoms with Gasteiger partial charge in [0.15, 0.2) is 5.78 Å². The predicted octanol–water partition coefficient (Wildman–Crippen LogP) is 8.34. The number of anilines is 1. The molecule has 2 N–H and O–H groups in total. The van der Waals surface area contributed by atoms with Crippen LogP contribution in [-0.2, 0) is 69.0 Å². The van der Waals surface area contributed by atoms with E-state index in [-0.39, 0.29) is 73.1 Å². The smallest absolute Gasteiger partial charge is 0.329 e. The number of terminal acetylenes is 1. The number of ketones is 3. The van der Waals surface area contributed by atoms with Crippen LogP contribution < -0.4 is 4.90 Å². The van der Waals surface area contributed by atoms with Gasteiger partial charge in [-0.1, -0.05) is 89.3 Å². The Morgan fingerprint density at radius 1 is 0.835 bits per heavy atom. The molecule has 4 fully saturated rings. The molecule has 2 bridgehead atoms. The van der Waals surface area contributed by atoms with Crippen LogP contribution in [0.5, 0.6) is 0 Å². The number of carbonyl (C=O) groups is 5. The lowest BCUT2D eigenvalue weighted by atomic mass is 9.78. The number of cyclic esters (lactones) is 1. The largest absolute Gasteiger partial charge is 0.460 e. The first-order valence-corrected chi connectivity index (χ1v) is 34.2. The monoisotopic (exact) mass is 1280 g/mol. The summed E-state index contributed by atoms with van der Waals surface area (Å²) in [4.78, 5) is 84.6. The molecule has 91 heavy (non-hydrogen) atoms. The Morgan fingerprint density at radius 3 is 2.26 bits per heavy atom. The molecule has 1 aromatic carbocycles. The Hall–Kier alpha value is -5.80. The van der Waals surface area contributed by atoms with E-state index < -0.39 is 87.8 Å². The zero-order chi connectivity index (χ0) is 66.2. The number of sulfonamides is 1. The number of rotatable bonds is 14. The first-order chi connectivity index (χ1) is 43.4. The van der Waals surface area contributed by atoms with Gasteiger partial charge < -0.3 is 48.4 Å². The number of methoxy groups -OCH3 is 3. The summed E-state index contributed by atoms with van der Waals surface area (Å²) in [5.41, 5.74) is 3.91. The number of hydrogen-bond acceptors (Lipinski definition) is 18. The maximum absolute atomic E-state index is 14.8. The van der Waals surface area contributed by atoms with E-state index in [1.165, 1.54) is 16.3 Å². The van der Waals surface area contributed by atoms with Crippen LogP contribution in [0.2, 0.25) is 0 Å². The number of fused-ring (bicyclic) bond motifs is 3. The average molecular weight is 1280 g/mol. The molecule has 4 aliphatic heterocycles. The van der Waals surface area contributed by atoms with Gasteiger partial charge in [-0.15, -0.1) is 12.3 Å². The number of allylic oxidation sites excluding steroid dienone is 6. The number of aliphatic hydroxyl groups is 2. The van der Waals surface area contributed by atoms with Gasteiger partial charge in [-0.2, -0.15) is 4.31 Å². The topological polar surface area (TPSA) is 251 Å². The highest BCUT2D eigenvalue weighted by molar-refractivity contribution is 7.89. The summed E-state index contributed by atoms with van der Waals surface area (Å²) >= 11 is 0. The lowest BCUT2D eigenvalue weighted by Gasteiger charge is -2.42. The standard InChI is InChI=1S/C70H99N5O15S/c1-12-13-34-91(83,84)74-32-30-73(31-33-74)69-71-42-55(43-72-69)54-23-19-22-53(38-54)44-88-59-28-26-52(39-62(59)86-10)37-48(5)61-41-58(76)47(4)36-50(7)64(78)65(87-11)63(77)49(6)35-45(2)20-15-14-16-21-46(3)60(85-9)40-56-27-25-51(8)70(82,90-56)66(79)67(80)75-29-18-17-24-57(75)68(81)89-61/h1,14-16,19-23,36,38,42-43,45,47-49,51-52,56-57,59-62,64-65,78,82H,13,17-18,24-35,37,39-41,44H2,2-11H3/b16-14+,20-15+,46-21+,50-36+/t45-,47-,48-,49-,51-,52+,56+,57+,59-,60+,61+,62-,64-,65+,70-/m1/s1. The number of piperazine rings is 1. The second-order valence-electron chi connectivity index (χ2n) is 26.0. The van der Waals surface area contributed by atoms with Gasteiger partial charge in [0.05, 0.1) is 36.8 Å². The molecular formula is C70H99N5O15S. The molecular weight excluding hydrogens is 1180 g/mol. The number of ether oxygens (including phenoxy) is 6. The highest BCUT2D eigenvalue weighted by atomic mass is 32.2. The maximum atomic E-state index is 14.8. The van der Waals surface area contributed by atoms with Gasteiger partial charge in [0.2, 0.25) is 21.8 Å². The van der Waals surface area contributed by atoms with Crippen LogP contribution in [0.25, 0.3) is 11.1 Å². The summed E-state index contributed by atoms with van der Waals surface area (Å²) in [6.45, 7) is 14.7. The molecule has 500 valence electrons. The van der Waals surface area contributed by atoms with Crippen molar-refractivity contribution < 1.29 is 71.0 Å². The van der Waals surface area contributed by atoms with E-state index in [0.717, 1.165) is 28.7 Å². The van der Waals surface area contributed by atoms with Gasteiger partial charge in [0.25, 0.3) is 11.7 Å². The molecule has 0 spiro atoms. The fourth-order valence-corrected chi connectivity index (χ4v) is 14.8. The number of aliphatic hydroxyl groups excluding tert-OH is 1. The first-order valence-electron chi connectivity index (χ1n) is 32.6. The number of amides is 1. The van der Waals surface area contributed by atoms with E-state index in [1.807, 2.05) is 87.2 Å². The minimum Gasteiger partial charge on any atom is -0.460 e. The molecule has 21 heteroatoms. The summed E-state index contributed by atoms with van der Waals surface area (Å²) in [6, 6.07) is 6.80. The third kappa shape index (κ3) is 19.2. The molecule has 15 atom stereocenters. The number of hydrogen-bond donors (Lipinski definition) is 2. The Labute approximate surface area is 539 Å². The van der Waals surface area contributed by atoms with E-state index in [4.69, 9.17) is 34.8 Å². The summed E-state index contributed by atoms with van der Waals surface area (Å²) in [7, 11) is 1.20. The highest BCUT2D eigenvalue weighted by Crippen LogP contribution is 2.39. The van der Waals surface area contributed by atoms with Crippen LogP contribution in [0.3, 0.4) is 0 Å². The highest BCUT2D eigenvalue weighted by Gasteiger charge is 2.53. The molecule has 1 aromatic heterocycles. The van der Waals surface area contributed by atoms with Crippen molar-refractivity contribution in [2.75, 3.05) is 64.7 Å². The maximum Gasteiger partial charge on any atom is 0.329 e. The van der Waals surface area contributed by atoms with Crippen molar-refractivity contribution in [1.29, 1.82) is 0 Å². The molecule has 0 radical (unpaired) electrons. The summed E-state index contributed by atoms with van der Waals surface area (Å²) in [6.07, 6.45) is 20.4. The molecule has 0 unspecified atom stereocenters. The number of piperidine rings is 1. The van der Waals surface area contributed by atoms with Gasteiger partial charge in [-0.25, -0.2) is 23.2 Å². The molecule has 20 nitrogen and oxygen atoms in total. The third-order valence-electron chi connectivity index (χ3n) is 19.2.